The van der Waals surface area contributed by atoms with Gasteiger partial charge in [-0.25, -0.2) is 4.79 Å². The lowest BCUT2D eigenvalue weighted by Crippen LogP contribution is -2.16. The van der Waals surface area contributed by atoms with Crippen molar-refractivity contribution >= 4 is 39.4 Å². The number of hydrogen-bond acceptors (Lipinski definition) is 6. The summed E-state index contributed by atoms with van der Waals surface area (Å²) in [6.07, 6.45) is 1.73. The predicted molar refractivity (Wildman–Crippen MR) is 102 cm³/mol. The van der Waals surface area contributed by atoms with Crippen molar-refractivity contribution < 1.29 is 9.53 Å². The number of fused-ring (bicyclic) bond motifs is 1. The van der Waals surface area contributed by atoms with Crippen LogP contribution in [-0.4, -0.2) is 22.6 Å². The quantitative estimate of drug-likeness (QED) is 0.249. The van der Waals surface area contributed by atoms with Gasteiger partial charge in [0.1, 0.15) is 0 Å². The van der Waals surface area contributed by atoms with Crippen molar-refractivity contribution in [1.29, 1.82) is 0 Å². The van der Waals surface area contributed by atoms with Crippen LogP contribution in [0.15, 0.2) is 76.9 Å². The lowest BCUT2D eigenvalue weighted by Gasteiger charge is -2.08. The molecule has 0 amide bonds. The Kier molecular flexibility index (Phi) is 5.64. The van der Waals surface area contributed by atoms with Gasteiger partial charge >= 0.3 is 5.97 Å². The molecule has 0 aliphatic rings. The smallest absolute Gasteiger partial charge is 0.365 e. The number of nitrogens with zero attached hydrogens (tertiary/aromatic N) is 2. The zero-order chi connectivity index (χ0) is 17.5. The van der Waals surface area contributed by atoms with E-state index in [4.69, 9.17) is 4.74 Å². The molecule has 6 heteroatoms. The molecule has 0 aliphatic carbocycles. The minimum Gasteiger partial charge on any atom is -0.461 e. The molecule has 5 nitrogen and oxygen atoms in total. The second-order valence-corrected chi connectivity index (χ2v) is 6.08. The van der Waals surface area contributed by atoms with Gasteiger partial charge in [0.15, 0.2) is 0 Å². The Labute approximate surface area is 150 Å². The second kappa shape index (κ2) is 8.30. The highest BCUT2D eigenvalue weighted by atomic mass is 32.2. The van der Waals surface area contributed by atoms with Crippen molar-refractivity contribution in [1.82, 2.24) is 4.98 Å². The molecular weight excluding hydrogens is 334 g/mol. The van der Waals surface area contributed by atoms with Gasteiger partial charge in [-0.05, 0) is 31.2 Å². The Hall–Kier alpha value is -2.86. The Morgan fingerprint density at radius 3 is 2.72 bits per heavy atom. The third-order valence-corrected chi connectivity index (χ3v) is 4.31. The fourth-order valence-electron chi connectivity index (χ4n) is 2.19. The van der Waals surface area contributed by atoms with Crippen molar-refractivity contribution in [2.45, 2.75) is 11.8 Å². The molecule has 0 bridgehead atoms. The minimum absolute atomic E-state index is 0.226. The highest BCUT2D eigenvalue weighted by Crippen LogP contribution is 2.27. The minimum atomic E-state index is -0.469. The van der Waals surface area contributed by atoms with Crippen LogP contribution in [0.4, 0.5) is 5.69 Å². The van der Waals surface area contributed by atoms with E-state index in [9.17, 15) is 4.79 Å². The number of esters is 1. The monoisotopic (exact) mass is 351 g/mol. The van der Waals surface area contributed by atoms with Gasteiger partial charge in [0.05, 0.1) is 17.8 Å². The van der Waals surface area contributed by atoms with Gasteiger partial charge < -0.3 is 4.74 Å². The average Bonchev–Trinajstić information content (AvgIpc) is 2.66. The summed E-state index contributed by atoms with van der Waals surface area (Å²) < 4.78 is 5.13. The van der Waals surface area contributed by atoms with E-state index < -0.39 is 5.97 Å². The van der Waals surface area contributed by atoms with Gasteiger partial charge in [-0.3, -0.25) is 10.4 Å². The molecule has 0 fully saturated rings. The van der Waals surface area contributed by atoms with Gasteiger partial charge in [0.2, 0.25) is 5.04 Å². The van der Waals surface area contributed by atoms with Crippen LogP contribution in [0.2, 0.25) is 0 Å². The molecule has 0 atom stereocenters. The van der Waals surface area contributed by atoms with Crippen LogP contribution in [0.5, 0.6) is 0 Å². The van der Waals surface area contributed by atoms with Crippen LogP contribution >= 0.6 is 11.8 Å². The van der Waals surface area contributed by atoms with Gasteiger partial charge in [0, 0.05) is 16.5 Å². The van der Waals surface area contributed by atoms with Gasteiger partial charge in [-0.2, -0.15) is 5.10 Å². The summed E-state index contributed by atoms with van der Waals surface area (Å²) in [4.78, 5) is 17.5. The van der Waals surface area contributed by atoms with Crippen LogP contribution in [0, 0.1) is 0 Å². The lowest BCUT2D eigenvalue weighted by molar-refractivity contribution is -0.134. The highest BCUT2D eigenvalue weighted by Gasteiger charge is 2.17. The number of rotatable bonds is 4. The molecule has 25 heavy (non-hydrogen) atoms. The van der Waals surface area contributed by atoms with Crippen LogP contribution in [-0.2, 0) is 9.53 Å². The van der Waals surface area contributed by atoms with E-state index in [0.29, 0.717) is 0 Å². The first kappa shape index (κ1) is 17.0. The molecule has 0 saturated carbocycles. The van der Waals surface area contributed by atoms with E-state index in [1.54, 1.807) is 13.1 Å². The van der Waals surface area contributed by atoms with Crippen molar-refractivity contribution in [2.24, 2.45) is 5.10 Å². The third kappa shape index (κ3) is 4.36. The maximum Gasteiger partial charge on any atom is 0.365 e. The van der Waals surface area contributed by atoms with Crippen molar-refractivity contribution in [3.8, 4) is 0 Å². The lowest BCUT2D eigenvalue weighted by atomic mass is 10.2. The van der Waals surface area contributed by atoms with Crippen molar-refractivity contribution in [3.63, 3.8) is 0 Å². The third-order valence-electron chi connectivity index (χ3n) is 3.31. The van der Waals surface area contributed by atoms with E-state index in [1.807, 2.05) is 60.7 Å². The summed E-state index contributed by atoms with van der Waals surface area (Å²) in [6, 6.07) is 19.1. The molecule has 3 rings (SSSR count). The van der Waals surface area contributed by atoms with E-state index in [1.165, 1.54) is 11.8 Å². The number of para-hydroxylation sites is 2. The zero-order valence-corrected chi connectivity index (χ0v) is 14.5. The summed E-state index contributed by atoms with van der Waals surface area (Å²) in [6.45, 7) is 2.06. The SMILES string of the molecule is CCOC(=O)/C(=N\Nc1ccccc1)Sc1cccc2cccnc12. The van der Waals surface area contributed by atoms with Crippen LogP contribution in [0.1, 0.15) is 6.92 Å². The fraction of sp³-hybridized carbons (Fsp3) is 0.105. The molecule has 2 aromatic carbocycles. The molecule has 1 aromatic heterocycles. The number of pyridine rings is 1. The molecular formula is C19H17N3O2S. The molecule has 0 radical (unpaired) electrons. The van der Waals surface area contributed by atoms with Crippen LogP contribution in [0.3, 0.4) is 0 Å². The Balaban J connectivity index is 1.90. The molecule has 0 spiro atoms. The first-order valence-electron chi connectivity index (χ1n) is 7.85. The summed E-state index contributed by atoms with van der Waals surface area (Å²) >= 11 is 1.24. The topological polar surface area (TPSA) is 63.6 Å². The summed E-state index contributed by atoms with van der Waals surface area (Å²) in [7, 11) is 0. The Bertz CT molecular complexity index is 892. The standard InChI is InChI=1S/C19H17N3O2S/c1-2-24-19(23)18(22-21-15-10-4-3-5-11-15)25-16-12-6-8-14-9-7-13-20-17(14)16/h3-13,21H,2H2,1H3/b22-18+. The maximum absolute atomic E-state index is 12.3. The number of nitrogens with one attached hydrogen (secondary N) is 1. The number of ether oxygens (including phenoxy) is 1. The highest BCUT2D eigenvalue weighted by molar-refractivity contribution is 8.15. The van der Waals surface area contributed by atoms with Crippen molar-refractivity contribution in [3.05, 3.63) is 66.9 Å². The summed E-state index contributed by atoms with van der Waals surface area (Å²) in [5.74, 6) is -0.469. The molecule has 126 valence electrons. The summed E-state index contributed by atoms with van der Waals surface area (Å²) in [5, 5.41) is 5.47. The molecule has 1 heterocycles. The number of thioether (sulfide) groups is 1. The van der Waals surface area contributed by atoms with Crippen LogP contribution in [0.25, 0.3) is 10.9 Å². The van der Waals surface area contributed by atoms with Crippen molar-refractivity contribution in [2.75, 3.05) is 12.0 Å². The van der Waals surface area contributed by atoms with Gasteiger partial charge in [0.25, 0.3) is 0 Å². The number of aromatic nitrogens is 1. The molecule has 1 N–H and O–H groups in total. The maximum atomic E-state index is 12.3. The Morgan fingerprint density at radius 1 is 1.12 bits per heavy atom. The molecule has 0 aliphatic heterocycles. The second-order valence-electron chi connectivity index (χ2n) is 5.05. The van der Waals surface area contributed by atoms with Crippen LogP contribution < -0.4 is 5.43 Å². The zero-order valence-electron chi connectivity index (χ0n) is 13.7. The largest absolute Gasteiger partial charge is 0.461 e. The average molecular weight is 351 g/mol. The van der Waals surface area contributed by atoms with Gasteiger partial charge in [-0.1, -0.05) is 48.2 Å². The number of carbonyl (C=O) groups excluding carboxylic acids is 1. The number of carbonyl (C=O) groups is 1. The van der Waals surface area contributed by atoms with Gasteiger partial charge in [-0.15, -0.1) is 0 Å². The molecule has 0 unspecified atom stereocenters. The van der Waals surface area contributed by atoms with E-state index in [2.05, 4.69) is 15.5 Å². The van der Waals surface area contributed by atoms with E-state index >= 15 is 0 Å². The van der Waals surface area contributed by atoms with E-state index in [-0.39, 0.29) is 11.7 Å². The predicted octanol–water partition coefficient (Wildman–Crippen LogP) is 4.32. The number of hydrazone groups is 1. The normalized spacial score (nSPS) is 11.3. The fourth-order valence-corrected chi connectivity index (χ4v) is 3.05. The first-order chi connectivity index (χ1) is 12.3. The number of hydrogen-bond donors (Lipinski definition) is 1. The Morgan fingerprint density at radius 2 is 1.92 bits per heavy atom. The number of benzene rings is 2. The first-order valence-corrected chi connectivity index (χ1v) is 8.67. The molecule has 3 aromatic rings. The van der Waals surface area contributed by atoms with E-state index in [0.717, 1.165) is 21.5 Å². The molecule has 0 saturated heterocycles. The summed E-state index contributed by atoms with van der Waals surface area (Å²) in [5.41, 5.74) is 4.52. The number of anilines is 1.